The summed E-state index contributed by atoms with van der Waals surface area (Å²) in [5, 5.41) is 215. The highest BCUT2D eigenvalue weighted by Gasteiger charge is 3.12. The second-order valence-corrected chi connectivity index (χ2v) is 19.8. The van der Waals surface area contributed by atoms with Crippen molar-refractivity contribution in [2.24, 2.45) is 11.3 Å². The van der Waals surface area contributed by atoms with E-state index in [1.165, 1.54) is 0 Å². The van der Waals surface area contributed by atoms with Gasteiger partial charge in [0.25, 0.3) is 11.6 Å². The van der Waals surface area contributed by atoms with Gasteiger partial charge in [-0.05, 0) is 30.3 Å². The lowest BCUT2D eigenvalue weighted by atomic mass is 9.45. The number of carbonyl (C=O) groups is 6. The second kappa shape index (κ2) is 15.8. The van der Waals surface area contributed by atoms with E-state index in [4.69, 9.17) is 42.6 Å². The molecule has 7 fully saturated rings. The van der Waals surface area contributed by atoms with Crippen molar-refractivity contribution >= 4 is 35.8 Å². The van der Waals surface area contributed by atoms with E-state index >= 15 is 14.4 Å². The van der Waals surface area contributed by atoms with Crippen molar-refractivity contribution in [2.45, 2.75) is 77.1 Å². The molecular formula is C47H36O34. The topological polar surface area (TPSA) is 570 Å². The largest absolute Gasteiger partial charge is 0.504 e. The van der Waals surface area contributed by atoms with Crippen LogP contribution in [0, 0.1) is 11.3 Å². The van der Waals surface area contributed by atoms with Gasteiger partial charge in [0.2, 0.25) is 46.8 Å². The van der Waals surface area contributed by atoms with Crippen LogP contribution in [-0.4, -0.2) is 217 Å². The Balaban J connectivity index is 1.16. The predicted octanol–water partition coefficient (Wildman–Crippen LogP) is -4.63. The van der Waals surface area contributed by atoms with E-state index in [1.807, 2.05) is 0 Å². The number of esters is 5. The molecule has 19 N–H and O–H groups in total. The molecule has 5 saturated heterocycles. The third kappa shape index (κ3) is 5.66. The predicted molar refractivity (Wildman–Crippen MR) is 235 cm³/mol. The van der Waals surface area contributed by atoms with Crippen molar-refractivity contribution in [3.63, 3.8) is 0 Å². The first-order chi connectivity index (χ1) is 37.8. The van der Waals surface area contributed by atoms with Gasteiger partial charge < -0.3 is 140 Å². The molecule has 2 saturated carbocycles. The number of rotatable bonds is 5. The van der Waals surface area contributed by atoms with Crippen LogP contribution in [0.1, 0.15) is 52.9 Å². The molecular weight excluding hydrogens is 1110 g/mol. The molecule has 0 aromatic heterocycles. The molecule has 0 radical (unpaired) electrons. The van der Waals surface area contributed by atoms with Crippen molar-refractivity contribution in [1.82, 2.24) is 0 Å². The number of carboxylic acids is 1. The average molecular weight is 1140 g/mol. The van der Waals surface area contributed by atoms with Gasteiger partial charge in [-0.3, -0.25) is 4.79 Å². The summed E-state index contributed by atoms with van der Waals surface area (Å²) in [6.07, 6.45) is -17.1. The fourth-order valence-electron chi connectivity index (χ4n) is 12.8. The van der Waals surface area contributed by atoms with Gasteiger partial charge in [0.15, 0.2) is 69.6 Å². The van der Waals surface area contributed by atoms with Crippen LogP contribution < -0.4 is 4.74 Å². The molecule has 428 valence electrons. The summed E-state index contributed by atoms with van der Waals surface area (Å²) in [5.74, 6) is -53.7. The lowest BCUT2D eigenvalue weighted by Crippen LogP contribution is -2.96. The van der Waals surface area contributed by atoms with Gasteiger partial charge in [0, 0.05) is 16.7 Å². The second-order valence-electron chi connectivity index (χ2n) is 19.8. The Morgan fingerprint density at radius 1 is 0.617 bits per heavy atom. The number of aliphatic carboxylic acids is 1. The number of aliphatic hydroxyl groups excluding tert-OH is 2. The maximum atomic E-state index is 16.3. The molecule has 10 aliphatic rings. The van der Waals surface area contributed by atoms with Crippen molar-refractivity contribution in [1.29, 1.82) is 0 Å². The molecule has 8 heterocycles. The summed E-state index contributed by atoms with van der Waals surface area (Å²) in [6, 6.07) is 1.81. The smallest absolute Gasteiger partial charge is 0.343 e. The quantitative estimate of drug-likeness (QED) is 0.0508. The zero-order valence-corrected chi connectivity index (χ0v) is 39.5. The molecule has 81 heavy (non-hydrogen) atoms. The zero-order chi connectivity index (χ0) is 58.9. The highest BCUT2D eigenvalue weighted by molar-refractivity contribution is 6.08. The number of benzene rings is 4. The van der Waals surface area contributed by atoms with Crippen LogP contribution in [0.25, 0.3) is 11.1 Å². The van der Waals surface area contributed by atoms with Crippen LogP contribution in [0.3, 0.4) is 0 Å². The number of fused-ring (bicyclic) bond motifs is 3. The minimum absolute atomic E-state index is 0.241. The molecule has 1 spiro atoms. The fourth-order valence-corrected chi connectivity index (χ4v) is 12.8. The molecule has 4 aromatic rings. The van der Waals surface area contributed by atoms with Crippen LogP contribution in [-0.2, 0) is 47.5 Å². The summed E-state index contributed by atoms with van der Waals surface area (Å²) in [4.78, 5) is 89.3. The van der Waals surface area contributed by atoms with Gasteiger partial charge in [-0.15, -0.1) is 0 Å². The molecule has 34 heteroatoms. The zero-order valence-electron chi connectivity index (χ0n) is 39.5. The monoisotopic (exact) mass is 1140 g/mol. The first-order valence-electron chi connectivity index (χ1n) is 23.1. The minimum Gasteiger partial charge on any atom is -0.504 e. The van der Waals surface area contributed by atoms with Gasteiger partial charge >= 0.3 is 35.8 Å². The molecule has 15 atom stereocenters. The number of aromatic hydroxyl groups is 11. The van der Waals surface area contributed by atoms with E-state index in [9.17, 15) is 111 Å². The van der Waals surface area contributed by atoms with Crippen molar-refractivity contribution in [2.75, 3.05) is 13.2 Å². The molecule has 0 unspecified atom stereocenters. The first-order valence-corrected chi connectivity index (χ1v) is 23.1. The van der Waals surface area contributed by atoms with Crippen LogP contribution in [0.4, 0.5) is 0 Å². The van der Waals surface area contributed by atoms with Crippen molar-refractivity contribution < 1.29 is 168 Å². The summed E-state index contributed by atoms with van der Waals surface area (Å²) in [6.45, 7) is -3.36. The molecule has 14 rings (SSSR count). The average Bonchev–Trinajstić information content (AvgIpc) is 1.44. The maximum absolute atomic E-state index is 16.3. The number of ether oxygens (including phenoxy) is 9. The molecule has 10 bridgehead atoms. The molecule has 8 aliphatic heterocycles. The number of carbonyl (C=O) groups excluding carboxylic acids is 5. The molecule has 0 amide bonds. The summed E-state index contributed by atoms with van der Waals surface area (Å²) < 4.78 is 50.9. The van der Waals surface area contributed by atoms with E-state index in [-0.39, 0.29) is 12.1 Å². The van der Waals surface area contributed by atoms with E-state index < -0.39 is 245 Å². The van der Waals surface area contributed by atoms with Crippen LogP contribution >= 0.6 is 0 Å². The van der Waals surface area contributed by atoms with Crippen molar-refractivity contribution in [3.8, 4) is 80.1 Å². The van der Waals surface area contributed by atoms with Crippen LogP contribution in [0.15, 0.2) is 30.3 Å². The van der Waals surface area contributed by atoms with E-state index in [0.29, 0.717) is 18.2 Å². The first kappa shape index (κ1) is 52.6. The Hall–Kier alpha value is -9.10. The maximum Gasteiger partial charge on any atom is 0.343 e. The summed E-state index contributed by atoms with van der Waals surface area (Å²) in [5.41, 5.74) is -21.3. The van der Waals surface area contributed by atoms with Crippen molar-refractivity contribution in [3.05, 3.63) is 58.1 Å². The number of aliphatic hydroxyl groups is 7. The van der Waals surface area contributed by atoms with Crippen LogP contribution in [0.5, 0.6) is 69.0 Å². The van der Waals surface area contributed by atoms with E-state index in [1.54, 1.807) is 0 Å². The Kier molecular flexibility index (Phi) is 10.3. The number of cyclic esters (lactones) is 1. The Labute approximate surface area is 443 Å². The third-order valence-corrected chi connectivity index (χ3v) is 16.1. The number of hydrogen-bond donors (Lipinski definition) is 19. The van der Waals surface area contributed by atoms with E-state index in [2.05, 4.69) is 0 Å². The Morgan fingerprint density at radius 2 is 1.15 bits per heavy atom. The molecule has 34 nitrogen and oxygen atoms in total. The molecule has 2 aliphatic carbocycles. The Morgan fingerprint density at radius 3 is 1.73 bits per heavy atom. The SMILES string of the molecule is O=C(O[C@H]1O[C@@H]2COC(=O)c3cc(O)c(O)c(O)c3-c3c(cc(O)c(O)c3O)C(=O)O[C@@H]3[C@H]1OC(=O)c1cc(O)c(O)c4c1[C@H]1[C@@]5(C(=O)O[C@@H]32)[C@@H]2[C@@](O)([C@@H](O)CO)[C@@]3(O)O[C@]2(O)[C@](O)(O[C@@]53C(=O)O)[C@@]1(O)O4)c1cc(O)c(O)c(O)c1. The van der Waals surface area contributed by atoms with Gasteiger partial charge in [-0.2, -0.15) is 0 Å². The summed E-state index contributed by atoms with van der Waals surface area (Å²) in [7, 11) is 0. The lowest BCUT2D eigenvalue weighted by molar-refractivity contribution is -0.606. The summed E-state index contributed by atoms with van der Waals surface area (Å²) >= 11 is 0. The van der Waals surface area contributed by atoms with Gasteiger partial charge in [0.1, 0.15) is 24.2 Å². The molecule has 4 aromatic carbocycles. The normalized spacial score (nSPS) is 36.7. The lowest BCUT2D eigenvalue weighted by Gasteiger charge is -2.72. The number of carboxylic acid groups (broad SMARTS) is 1. The van der Waals surface area contributed by atoms with Crippen LogP contribution in [0.2, 0.25) is 0 Å². The standard InChI is InChI=1S/C47H36O34/c48-6-18(54)42(68)38-41-32-21-11(5-16(53)25(58)29(21)79-44(32,69)47(72)45(38,70)81-46(42,71)43(41,80-47)39(65)66)36(64)76-31-30-28(77-40(41)67)17(74-37(31)78-33(61)8-1-12(49)22(55)13(50)2-8)7-73-34(62)9-3-14(51)23(56)26(59)19(9)20-10(35(63)75-30)4-15(52)24(57)27(20)60/h1-5,17-18,28,30-32,37-38,48-60,68-72H,6-7H2,(H,65,66)/t17-,18+,28-,30+,31-,32+,37-,38-,41+,42+,43+,44+,45+,46-,47-/m1/s1. The minimum atomic E-state index is -4.45. The number of phenols is 11. The third-order valence-electron chi connectivity index (χ3n) is 16.1. The van der Waals surface area contributed by atoms with Gasteiger partial charge in [0.05, 0.1) is 40.7 Å². The Bertz CT molecular complexity index is 3610. The number of phenolic OH excluding ortho intramolecular Hbond substituents is 11. The fraction of sp³-hybridized carbons (Fsp3) is 0.362. The highest BCUT2D eigenvalue weighted by Crippen LogP contribution is 2.88. The highest BCUT2D eigenvalue weighted by atomic mass is 16.9. The number of hydrogen-bond acceptors (Lipinski definition) is 33. The van der Waals surface area contributed by atoms with E-state index in [0.717, 1.165) is 0 Å². The van der Waals surface area contributed by atoms with Gasteiger partial charge in [-0.25, -0.2) is 24.0 Å². The van der Waals surface area contributed by atoms with Gasteiger partial charge in [-0.1, -0.05) is 0 Å².